The number of fused-ring (bicyclic) bond motifs is 1. The van der Waals surface area contributed by atoms with Crippen LogP contribution in [-0.2, 0) is 6.42 Å². The van der Waals surface area contributed by atoms with Gasteiger partial charge in [-0.1, -0.05) is 12.1 Å². The minimum Gasteiger partial charge on any atom is -0.497 e. The third kappa shape index (κ3) is 3.97. The fraction of sp³-hybridized carbons (Fsp3) is 0.176. The van der Waals surface area contributed by atoms with Gasteiger partial charge in [-0.3, -0.25) is 0 Å². The highest BCUT2D eigenvalue weighted by Crippen LogP contribution is 2.27. The number of methoxy groups -OCH3 is 1. The third-order valence-electron chi connectivity index (χ3n) is 3.66. The molecule has 7 heteroatoms. The molecule has 1 aromatic heterocycles. The zero-order chi connectivity index (χ0) is 16.9. The number of benzene rings is 2. The molecule has 0 bridgehead atoms. The number of hydrogen-bond donors (Lipinski definition) is 3. The van der Waals surface area contributed by atoms with Crippen molar-refractivity contribution >= 4 is 30.8 Å². The zero-order valence-electron chi connectivity index (χ0n) is 13.2. The van der Waals surface area contributed by atoms with Gasteiger partial charge in [0.05, 0.1) is 12.6 Å². The van der Waals surface area contributed by atoms with E-state index in [9.17, 15) is 0 Å². The second kappa shape index (κ2) is 7.53. The third-order valence-corrected chi connectivity index (χ3v) is 4.28. The van der Waals surface area contributed by atoms with Crippen LogP contribution in [0.1, 0.15) is 5.56 Å². The first-order valence-corrected chi connectivity index (χ1v) is 8.89. The van der Waals surface area contributed by atoms with Gasteiger partial charge in [0.2, 0.25) is 0 Å². The van der Waals surface area contributed by atoms with E-state index in [0.717, 1.165) is 33.7 Å². The van der Waals surface area contributed by atoms with Crippen LogP contribution in [0.3, 0.4) is 0 Å². The van der Waals surface area contributed by atoms with Crippen LogP contribution in [0.5, 0.6) is 5.75 Å². The van der Waals surface area contributed by atoms with Gasteiger partial charge in [0, 0.05) is 23.3 Å². The number of anilines is 2. The summed E-state index contributed by atoms with van der Waals surface area (Å²) in [6.07, 6.45) is 2.55. The van der Waals surface area contributed by atoms with Gasteiger partial charge in [0.25, 0.3) is 0 Å². The Labute approximate surface area is 141 Å². The molecule has 2 aromatic carbocycles. The Morgan fingerprint density at radius 3 is 2.58 bits per heavy atom. The second-order valence-electron chi connectivity index (χ2n) is 5.27. The largest absolute Gasteiger partial charge is 0.497 e. The van der Waals surface area contributed by atoms with Gasteiger partial charge in [-0.25, -0.2) is 9.97 Å². The van der Waals surface area contributed by atoms with Gasteiger partial charge in [0.15, 0.2) is 8.38 Å². The van der Waals surface area contributed by atoms with Gasteiger partial charge >= 0.3 is 0 Å². The molecule has 3 N–H and O–H groups in total. The van der Waals surface area contributed by atoms with Crippen molar-refractivity contribution in [2.75, 3.05) is 18.6 Å². The molecule has 3 aromatic rings. The Morgan fingerprint density at radius 1 is 1.08 bits per heavy atom. The molecule has 0 radical (unpaired) electrons. The van der Waals surface area contributed by atoms with Crippen molar-refractivity contribution < 1.29 is 14.5 Å². The highest BCUT2D eigenvalue weighted by molar-refractivity contribution is 7.45. The topological polar surface area (TPSA) is 87.5 Å². The molecular weight excluding hydrogens is 325 g/mol. The smallest absolute Gasteiger partial charge is 0.165 e. The molecule has 0 fully saturated rings. The second-order valence-corrected chi connectivity index (χ2v) is 6.46. The number of rotatable bonds is 6. The van der Waals surface area contributed by atoms with E-state index in [4.69, 9.17) is 14.5 Å². The van der Waals surface area contributed by atoms with Crippen LogP contribution in [0.25, 0.3) is 10.9 Å². The van der Waals surface area contributed by atoms with E-state index in [1.807, 2.05) is 42.5 Å². The van der Waals surface area contributed by atoms with Crippen LogP contribution < -0.4 is 10.1 Å². The van der Waals surface area contributed by atoms with E-state index in [1.54, 1.807) is 7.11 Å². The number of hydrogen-bond acceptors (Lipinski definition) is 6. The molecule has 0 spiro atoms. The summed E-state index contributed by atoms with van der Waals surface area (Å²) in [5, 5.41) is 4.20. The van der Waals surface area contributed by atoms with Crippen LogP contribution >= 0.6 is 8.38 Å². The van der Waals surface area contributed by atoms with Crippen molar-refractivity contribution in [1.29, 1.82) is 0 Å². The molecule has 0 aliphatic carbocycles. The fourth-order valence-electron chi connectivity index (χ4n) is 2.38. The molecule has 0 atom stereocenters. The van der Waals surface area contributed by atoms with Crippen LogP contribution in [0.15, 0.2) is 48.8 Å². The Morgan fingerprint density at radius 2 is 1.88 bits per heavy atom. The average Bonchev–Trinajstić information content (AvgIpc) is 2.61. The maximum Gasteiger partial charge on any atom is 0.165 e. The first kappa shape index (κ1) is 16.6. The first-order valence-electron chi connectivity index (χ1n) is 7.46. The maximum absolute atomic E-state index is 8.99. The molecule has 24 heavy (non-hydrogen) atoms. The van der Waals surface area contributed by atoms with E-state index < -0.39 is 8.38 Å². The molecule has 0 unspecified atom stereocenters. The van der Waals surface area contributed by atoms with E-state index in [2.05, 4.69) is 15.3 Å². The molecule has 0 saturated carbocycles. The van der Waals surface area contributed by atoms with Crippen molar-refractivity contribution in [3.63, 3.8) is 0 Å². The lowest BCUT2D eigenvalue weighted by Crippen LogP contribution is -1.97. The molecule has 0 saturated heterocycles. The number of nitrogens with one attached hydrogen (secondary N) is 1. The summed E-state index contributed by atoms with van der Waals surface area (Å²) in [6.45, 7) is 0. The Hall–Kier alpha value is -2.27. The SMILES string of the molecule is COc1ccc2c(Nc3ccc(CCP(O)O)cc3)ncnc2c1. The minimum absolute atomic E-state index is 0.389. The fourth-order valence-corrected chi connectivity index (χ4v) is 2.84. The van der Waals surface area contributed by atoms with Crippen LogP contribution in [0.2, 0.25) is 0 Å². The Bertz CT molecular complexity index is 825. The van der Waals surface area contributed by atoms with E-state index >= 15 is 0 Å². The van der Waals surface area contributed by atoms with Crippen molar-refractivity contribution in [3.05, 3.63) is 54.4 Å². The van der Waals surface area contributed by atoms with Crippen molar-refractivity contribution in [2.24, 2.45) is 0 Å². The van der Waals surface area contributed by atoms with Crippen LogP contribution in [0.4, 0.5) is 11.5 Å². The quantitative estimate of drug-likeness (QED) is 0.596. The summed E-state index contributed by atoms with van der Waals surface area (Å²) in [4.78, 5) is 26.6. The van der Waals surface area contributed by atoms with Gasteiger partial charge in [0.1, 0.15) is 17.9 Å². The summed E-state index contributed by atoms with van der Waals surface area (Å²) in [7, 11) is -0.214. The Balaban J connectivity index is 1.79. The monoisotopic (exact) mass is 343 g/mol. The van der Waals surface area contributed by atoms with E-state index in [1.165, 1.54) is 6.33 Å². The van der Waals surface area contributed by atoms with Crippen LogP contribution in [-0.4, -0.2) is 33.0 Å². The molecule has 6 nitrogen and oxygen atoms in total. The molecule has 0 aliphatic heterocycles. The number of ether oxygens (including phenoxy) is 1. The van der Waals surface area contributed by atoms with Gasteiger partial charge < -0.3 is 19.8 Å². The van der Waals surface area contributed by atoms with Crippen molar-refractivity contribution in [3.8, 4) is 5.75 Å². The van der Waals surface area contributed by atoms with Crippen molar-refractivity contribution in [1.82, 2.24) is 9.97 Å². The summed E-state index contributed by atoms with van der Waals surface area (Å²) < 4.78 is 5.22. The normalized spacial score (nSPS) is 11.0. The first-order chi connectivity index (χ1) is 11.7. The average molecular weight is 343 g/mol. The lowest BCUT2D eigenvalue weighted by atomic mass is 10.1. The summed E-state index contributed by atoms with van der Waals surface area (Å²) in [5.41, 5.74) is 2.78. The molecule has 1 heterocycles. The molecule has 124 valence electrons. The van der Waals surface area contributed by atoms with Gasteiger partial charge in [-0.2, -0.15) is 0 Å². The highest BCUT2D eigenvalue weighted by atomic mass is 31.2. The predicted molar refractivity (Wildman–Crippen MR) is 95.7 cm³/mol. The van der Waals surface area contributed by atoms with Crippen LogP contribution in [0, 0.1) is 0 Å². The summed E-state index contributed by atoms with van der Waals surface area (Å²) in [5.74, 6) is 1.48. The lowest BCUT2D eigenvalue weighted by molar-refractivity contribution is 0.415. The molecule has 0 amide bonds. The molecular formula is C17H18N3O3P. The molecule has 3 rings (SSSR count). The number of aryl methyl sites for hydroxylation is 1. The zero-order valence-corrected chi connectivity index (χ0v) is 14.1. The maximum atomic E-state index is 8.99. The standard InChI is InChI=1S/C17H18N3O3P/c1-23-14-6-7-15-16(10-14)18-11-19-17(15)20-13-4-2-12(3-5-13)8-9-24(21)22/h2-7,10-11,21-22H,8-9H2,1H3,(H,18,19,20). The van der Waals surface area contributed by atoms with Gasteiger partial charge in [-0.05, 0) is 36.2 Å². The predicted octanol–water partition coefficient (Wildman–Crippen LogP) is 3.22. The minimum atomic E-state index is -1.84. The highest BCUT2D eigenvalue weighted by Gasteiger charge is 2.06. The molecule has 0 aliphatic rings. The Kier molecular flexibility index (Phi) is 5.20. The number of aromatic nitrogens is 2. The van der Waals surface area contributed by atoms with E-state index in [0.29, 0.717) is 12.6 Å². The van der Waals surface area contributed by atoms with E-state index in [-0.39, 0.29) is 0 Å². The summed E-state index contributed by atoms with van der Waals surface area (Å²) >= 11 is 0. The lowest BCUT2D eigenvalue weighted by Gasteiger charge is -2.10. The number of nitrogens with zero attached hydrogens (tertiary/aromatic N) is 2. The van der Waals surface area contributed by atoms with Gasteiger partial charge in [-0.15, -0.1) is 0 Å². The summed E-state index contributed by atoms with van der Waals surface area (Å²) in [6, 6.07) is 13.5. The van der Waals surface area contributed by atoms with Crippen molar-refractivity contribution in [2.45, 2.75) is 6.42 Å².